The fourth-order valence-electron chi connectivity index (χ4n) is 3.17. The average Bonchev–Trinajstić information content (AvgIpc) is 3.17. The van der Waals surface area contributed by atoms with Crippen LogP contribution in [0.25, 0.3) is 10.8 Å². The number of aromatic nitrogens is 2. The molecule has 1 aliphatic heterocycles. The standard InChI is InChI=1S/C18H18N2O2/c1-12-7-8-16(15-6-4-3-5-14(12)15)17-18(22-13(2)21-17)20-10-9-19-11-20/h3-11,13,17-18H,1-2H3. The first-order valence-corrected chi connectivity index (χ1v) is 7.50. The summed E-state index contributed by atoms with van der Waals surface area (Å²) in [5.74, 6) is 0. The van der Waals surface area contributed by atoms with Crippen LogP contribution in [0.4, 0.5) is 0 Å². The molecular weight excluding hydrogens is 276 g/mol. The number of benzene rings is 2. The molecule has 1 fully saturated rings. The number of hydrogen-bond donors (Lipinski definition) is 0. The Balaban J connectivity index is 1.85. The van der Waals surface area contributed by atoms with Crippen molar-refractivity contribution < 1.29 is 9.47 Å². The summed E-state index contributed by atoms with van der Waals surface area (Å²) in [4.78, 5) is 4.12. The molecule has 3 unspecified atom stereocenters. The first-order valence-electron chi connectivity index (χ1n) is 7.50. The fourth-order valence-corrected chi connectivity index (χ4v) is 3.17. The van der Waals surface area contributed by atoms with E-state index in [4.69, 9.17) is 9.47 Å². The Labute approximate surface area is 129 Å². The number of rotatable bonds is 2. The predicted octanol–water partition coefficient (Wildman–Crippen LogP) is 3.98. The molecule has 0 N–H and O–H groups in total. The van der Waals surface area contributed by atoms with Gasteiger partial charge in [-0.1, -0.05) is 36.4 Å². The van der Waals surface area contributed by atoms with Gasteiger partial charge >= 0.3 is 0 Å². The largest absolute Gasteiger partial charge is 0.340 e. The topological polar surface area (TPSA) is 36.3 Å². The summed E-state index contributed by atoms with van der Waals surface area (Å²) in [6.07, 6.45) is 4.87. The van der Waals surface area contributed by atoms with Gasteiger partial charge in [-0.2, -0.15) is 0 Å². The van der Waals surface area contributed by atoms with Crippen LogP contribution in [0, 0.1) is 6.92 Å². The van der Waals surface area contributed by atoms with E-state index in [-0.39, 0.29) is 18.6 Å². The molecule has 0 radical (unpaired) electrons. The molecule has 1 saturated heterocycles. The Morgan fingerprint density at radius 1 is 1.05 bits per heavy atom. The molecule has 0 spiro atoms. The van der Waals surface area contributed by atoms with Crippen molar-refractivity contribution in [1.82, 2.24) is 9.55 Å². The molecule has 22 heavy (non-hydrogen) atoms. The molecule has 2 heterocycles. The van der Waals surface area contributed by atoms with Gasteiger partial charge in [-0.3, -0.25) is 0 Å². The lowest BCUT2D eigenvalue weighted by Gasteiger charge is -2.20. The molecule has 1 aromatic heterocycles. The van der Waals surface area contributed by atoms with E-state index in [2.05, 4.69) is 48.3 Å². The van der Waals surface area contributed by atoms with Gasteiger partial charge in [0.25, 0.3) is 0 Å². The van der Waals surface area contributed by atoms with Crippen molar-refractivity contribution >= 4 is 10.8 Å². The lowest BCUT2D eigenvalue weighted by atomic mass is 9.96. The minimum atomic E-state index is -0.238. The van der Waals surface area contributed by atoms with Gasteiger partial charge in [-0.25, -0.2) is 4.98 Å². The molecule has 4 heteroatoms. The zero-order valence-electron chi connectivity index (χ0n) is 12.6. The zero-order valence-corrected chi connectivity index (χ0v) is 12.6. The normalized spacial score (nSPS) is 24.9. The van der Waals surface area contributed by atoms with Crippen molar-refractivity contribution in [2.45, 2.75) is 32.5 Å². The number of hydrogen-bond acceptors (Lipinski definition) is 3. The number of aryl methyl sites for hydroxylation is 1. The lowest BCUT2D eigenvalue weighted by Crippen LogP contribution is -2.14. The Morgan fingerprint density at radius 2 is 1.86 bits per heavy atom. The van der Waals surface area contributed by atoms with Crippen LogP contribution in [-0.2, 0) is 9.47 Å². The highest BCUT2D eigenvalue weighted by atomic mass is 16.7. The maximum atomic E-state index is 6.06. The highest BCUT2D eigenvalue weighted by molar-refractivity contribution is 5.88. The van der Waals surface area contributed by atoms with Gasteiger partial charge in [0.05, 0.1) is 6.33 Å². The summed E-state index contributed by atoms with van der Waals surface area (Å²) in [7, 11) is 0. The minimum Gasteiger partial charge on any atom is -0.340 e. The summed E-state index contributed by atoms with van der Waals surface area (Å²) < 4.78 is 14.0. The third-order valence-electron chi connectivity index (χ3n) is 4.23. The summed E-state index contributed by atoms with van der Waals surface area (Å²) in [5.41, 5.74) is 2.43. The monoisotopic (exact) mass is 294 g/mol. The van der Waals surface area contributed by atoms with Gasteiger partial charge in [0, 0.05) is 12.4 Å². The van der Waals surface area contributed by atoms with Crippen LogP contribution in [0.5, 0.6) is 0 Å². The number of nitrogens with zero attached hydrogens (tertiary/aromatic N) is 2. The number of fused-ring (bicyclic) bond motifs is 1. The maximum Gasteiger partial charge on any atom is 0.168 e. The van der Waals surface area contributed by atoms with Gasteiger partial charge in [0.2, 0.25) is 0 Å². The van der Waals surface area contributed by atoms with E-state index in [1.165, 1.54) is 16.3 Å². The van der Waals surface area contributed by atoms with Crippen LogP contribution in [0.2, 0.25) is 0 Å². The van der Waals surface area contributed by atoms with Crippen LogP contribution in [0.3, 0.4) is 0 Å². The molecule has 112 valence electrons. The quantitative estimate of drug-likeness (QED) is 0.717. The fraction of sp³-hybridized carbons (Fsp3) is 0.278. The van der Waals surface area contributed by atoms with Gasteiger partial charge in [-0.05, 0) is 35.7 Å². The van der Waals surface area contributed by atoms with E-state index in [9.17, 15) is 0 Å². The highest BCUT2D eigenvalue weighted by Gasteiger charge is 2.37. The molecule has 3 aromatic rings. The van der Waals surface area contributed by atoms with E-state index in [0.29, 0.717) is 0 Å². The smallest absolute Gasteiger partial charge is 0.168 e. The van der Waals surface area contributed by atoms with E-state index in [1.807, 2.05) is 17.7 Å². The van der Waals surface area contributed by atoms with Crippen molar-refractivity contribution in [3.63, 3.8) is 0 Å². The summed E-state index contributed by atoms with van der Waals surface area (Å²) in [6, 6.07) is 12.7. The SMILES string of the molecule is Cc1ccc(C2OC(C)OC2n2ccnc2)c2ccccc12. The van der Waals surface area contributed by atoms with E-state index in [1.54, 1.807) is 12.5 Å². The summed E-state index contributed by atoms with van der Waals surface area (Å²) in [6.45, 7) is 4.06. The van der Waals surface area contributed by atoms with Crippen molar-refractivity contribution in [2.24, 2.45) is 0 Å². The van der Waals surface area contributed by atoms with Crippen LogP contribution < -0.4 is 0 Å². The predicted molar refractivity (Wildman–Crippen MR) is 84.3 cm³/mol. The van der Waals surface area contributed by atoms with Crippen LogP contribution >= 0.6 is 0 Å². The zero-order chi connectivity index (χ0) is 15.1. The molecular formula is C18H18N2O2. The lowest BCUT2D eigenvalue weighted by molar-refractivity contribution is -0.0608. The van der Waals surface area contributed by atoms with Crippen LogP contribution in [-0.4, -0.2) is 15.8 Å². The molecule has 4 nitrogen and oxygen atoms in total. The Bertz CT molecular complexity index is 798. The minimum absolute atomic E-state index is 0.144. The van der Waals surface area contributed by atoms with Gasteiger partial charge < -0.3 is 14.0 Å². The van der Waals surface area contributed by atoms with Gasteiger partial charge in [0.1, 0.15) is 6.10 Å². The molecule has 1 aliphatic rings. The first kappa shape index (κ1) is 13.5. The molecule has 3 atom stereocenters. The molecule has 0 aliphatic carbocycles. The molecule has 4 rings (SSSR count). The van der Waals surface area contributed by atoms with E-state index < -0.39 is 0 Å². The highest BCUT2D eigenvalue weighted by Crippen LogP contribution is 2.42. The number of imidazole rings is 1. The van der Waals surface area contributed by atoms with Crippen molar-refractivity contribution in [1.29, 1.82) is 0 Å². The maximum absolute atomic E-state index is 6.06. The van der Waals surface area contributed by atoms with Crippen molar-refractivity contribution in [3.8, 4) is 0 Å². The summed E-state index contributed by atoms with van der Waals surface area (Å²) >= 11 is 0. The molecule has 2 aromatic carbocycles. The van der Waals surface area contributed by atoms with Crippen LogP contribution in [0.15, 0.2) is 55.1 Å². The molecule has 0 bridgehead atoms. The van der Waals surface area contributed by atoms with Crippen molar-refractivity contribution in [3.05, 3.63) is 66.2 Å². The third-order valence-corrected chi connectivity index (χ3v) is 4.23. The second-order valence-electron chi connectivity index (χ2n) is 5.68. The van der Waals surface area contributed by atoms with Crippen molar-refractivity contribution in [2.75, 3.05) is 0 Å². The first-order chi connectivity index (χ1) is 10.7. The second-order valence-corrected chi connectivity index (χ2v) is 5.68. The Morgan fingerprint density at radius 3 is 2.64 bits per heavy atom. The Kier molecular flexibility index (Phi) is 3.21. The third kappa shape index (κ3) is 2.12. The molecule has 0 amide bonds. The second kappa shape index (κ2) is 5.23. The summed E-state index contributed by atoms with van der Waals surface area (Å²) in [5, 5.41) is 2.47. The van der Waals surface area contributed by atoms with Gasteiger partial charge in [-0.15, -0.1) is 0 Å². The molecule has 0 saturated carbocycles. The van der Waals surface area contributed by atoms with E-state index >= 15 is 0 Å². The van der Waals surface area contributed by atoms with Crippen LogP contribution in [0.1, 0.15) is 30.4 Å². The van der Waals surface area contributed by atoms with Gasteiger partial charge in [0.15, 0.2) is 12.5 Å². The average molecular weight is 294 g/mol. The number of ether oxygens (including phenoxy) is 2. The van der Waals surface area contributed by atoms with E-state index in [0.717, 1.165) is 5.56 Å². The Hall–Kier alpha value is -2.17.